The van der Waals surface area contributed by atoms with Crippen LogP contribution in [0.25, 0.3) is 11.6 Å². The lowest BCUT2D eigenvalue weighted by atomic mass is 10.1. The molecule has 4 rings (SSSR count). The molecule has 7 heteroatoms. The molecule has 0 amide bonds. The van der Waals surface area contributed by atoms with Gasteiger partial charge >= 0.3 is 0 Å². The van der Waals surface area contributed by atoms with Gasteiger partial charge in [-0.05, 0) is 43.0 Å². The van der Waals surface area contributed by atoms with Crippen LogP contribution in [0.2, 0.25) is 0 Å². The van der Waals surface area contributed by atoms with Gasteiger partial charge in [-0.25, -0.2) is 0 Å². The van der Waals surface area contributed by atoms with Gasteiger partial charge < -0.3 is 8.94 Å². The molecule has 3 aromatic rings. The maximum atomic E-state index is 12.3. The number of hydrogen-bond acceptors (Lipinski definition) is 7. The third kappa shape index (κ3) is 3.18. The molecule has 0 N–H and O–H groups in total. The van der Waals surface area contributed by atoms with E-state index in [4.69, 9.17) is 8.94 Å². The molecule has 1 saturated heterocycles. The fourth-order valence-corrected chi connectivity index (χ4v) is 3.76. The van der Waals surface area contributed by atoms with E-state index in [1.807, 2.05) is 17.5 Å². The molecule has 0 bridgehead atoms. The average Bonchev–Trinajstić information content (AvgIpc) is 3.37. The predicted molar refractivity (Wildman–Crippen MR) is 88.7 cm³/mol. The number of rotatable bonds is 6. The maximum Gasteiger partial charge on any atom is 0.241 e. The molecule has 24 heavy (non-hydrogen) atoms. The second kappa shape index (κ2) is 6.70. The molecule has 124 valence electrons. The van der Waals surface area contributed by atoms with Gasteiger partial charge in [-0.1, -0.05) is 11.2 Å². The van der Waals surface area contributed by atoms with Crippen molar-refractivity contribution >= 4 is 17.1 Å². The van der Waals surface area contributed by atoms with Gasteiger partial charge in [0.05, 0.1) is 17.7 Å². The summed E-state index contributed by atoms with van der Waals surface area (Å²) >= 11 is 1.50. The van der Waals surface area contributed by atoms with Crippen LogP contribution < -0.4 is 0 Å². The van der Waals surface area contributed by atoms with Gasteiger partial charge in [-0.2, -0.15) is 4.98 Å². The Morgan fingerprint density at radius 2 is 2.33 bits per heavy atom. The minimum atomic E-state index is 0.212. The Labute approximate surface area is 143 Å². The quantitative estimate of drug-likeness (QED) is 0.636. The van der Waals surface area contributed by atoms with Crippen molar-refractivity contribution in [3.8, 4) is 11.6 Å². The minimum absolute atomic E-state index is 0.212. The molecule has 0 radical (unpaired) electrons. The van der Waals surface area contributed by atoms with E-state index in [9.17, 15) is 4.79 Å². The normalized spacial score (nSPS) is 18.2. The first-order valence-corrected chi connectivity index (χ1v) is 8.85. The molecular weight excluding hydrogens is 326 g/mol. The summed E-state index contributed by atoms with van der Waals surface area (Å²) in [5, 5.41) is 5.89. The zero-order valence-corrected chi connectivity index (χ0v) is 13.9. The number of carbonyl (C=O) groups excluding carboxylic acids is 1. The van der Waals surface area contributed by atoms with E-state index in [-0.39, 0.29) is 11.8 Å². The molecule has 0 saturated carbocycles. The molecule has 1 aliphatic rings. The second-order valence-electron chi connectivity index (χ2n) is 5.86. The van der Waals surface area contributed by atoms with Crippen molar-refractivity contribution in [2.24, 2.45) is 0 Å². The summed E-state index contributed by atoms with van der Waals surface area (Å²) in [7, 11) is 0. The van der Waals surface area contributed by atoms with Gasteiger partial charge in [-0.3, -0.25) is 9.69 Å². The summed E-state index contributed by atoms with van der Waals surface area (Å²) in [5.41, 5.74) is 0. The Bertz CT molecular complexity index is 795. The number of ketones is 1. The van der Waals surface area contributed by atoms with Gasteiger partial charge in [0.25, 0.3) is 0 Å². The Balaban J connectivity index is 1.41. The second-order valence-corrected chi connectivity index (χ2v) is 6.81. The fraction of sp³-hybridized carbons (Fsp3) is 0.353. The van der Waals surface area contributed by atoms with Gasteiger partial charge in [0.1, 0.15) is 0 Å². The number of aromatic nitrogens is 2. The molecule has 1 aliphatic heterocycles. The van der Waals surface area contributed by atoms with Crippen molar-refractivity contribution < 1.29 is 13.7 Å². The topological polar surface area (TPSA) is 72.4 Å². The van der Waals surface area contributed by atoms with E-state index in [1.165, 1.54) is 11.3 Å². The molecular formula is C17H17N3O3S. The number of hydrogen-bond donors (Lipinski definition) is 0. The highest BCUT2D eigenvalue weighted by Crippen LogP contribution is 2.25. The average molecular weight is 343 g/mol. The van der Waals surface area contributed by atoms with Crippen LogP contribution in [0, 0.1) is 0 Å². The van der Waals surface area contributed by atoms with Crippen LogP contribution in [0.3, 0.4) is 0 Å². The molecule has 0 spiro atoms. The maximum absolute atomic E-state index is 12.3. The number of furan rings is 1. The first-order chi connectivity index (χ1) is 11.8. The predicted octanol–water partition coefficient (Wildman–Crippen LogP) is 3.63. The Morgan fingerprint density at radius 3 is 3.12 bits per heavy atom. The van der Waals surface area contributed by atoms with Crippen LogP contribution >= 0.6 is 11.3 Å². The standard InChI is InChI=1S/C17H17N3O3S/c21-13(15-6-3-9-24-15)10-12-4-1-7-20(12)11-16-18-17(19-23-16)14-5-2-8-22-14/h2-3,5-6,8-9,12H,1,4,7,10-11H2/t12-/m1/s1. The summed E-state index contributed by atoms with van der Waals surface area (Å²) in [4.78, 5) is 19.8. The molecule has 0 unspecified atom stereocenters. The summed E-state index contributed by atoms with van der Waals surface area (Å²) in [6.07, 6.45) is 4.23. The molecule has 3 aromatic heterocycles. The van der Waals surface area contributed by atoms with Crippen molar-refractivity contribution in [2.75, 3.05) is 6.54 Å². The lowest BCUT2D eigenvalue weighted by molar-refractivity contribution is 0.0936. The van der Waals surface area contributed by atoms with Crippen LogP contribution in [0.4, 0.5) is 0 Å². The lowest BCUT2D eigenvalue weighted by Crippen LogP contribution is -2.31. The van der Waals surface area contributed by atoms with Crippen LogP contribution in [-0.2, 0) is 6.54 Å². The summed E-state index contributed by atoms with van der Waals surface area (Å²) in [6, 6.07) is 7.63. The van der Waals surface area contributed by atoms with E-state index in [1.54, 1.807) is 18.4 Å². The zero-order valence-electron chi connectivity index (χ0n) is 13.1. The Kier molecular flexibility index (Phi) is 4.27. The van der Waals surface area contributed by atoms with E-state index in [0.717, 1.165) is 24.3 Å². The zero-order chi connectivity index (χ0) is 16.4. The third-order valence-electron chi connectivity index (χ3n) is 4.26. The van der Waals surface area contributed by atoms with Crippen LogP contribution in [0.5, 0.6) is 0 Å². The molecule has 6 nitrogen and oxygen atoms in total. The van der Waals surface area contributed by atoms with Crippen molar-refractivity contribution in [2.45, 2.75) is 31.8 Å². The number of Topliss-reactive ketones (excluding diaryl/α,β-unsaturated/α-hetero) is 1. The van der Waals surface area contributed by atoms with E-state index < -0.39 is 0 Å². The SMILES string of the molecule is O=C(C[C@H]1CCCN1Cc1nc(-c2ccco2)no1)c1cccs1. The highest BCUT2D eigenvalue weighted by atomic mass is 32.1. The minimum Gasteiger partial charge on any atom is -0.461 e. The van der Waals surface area contributed by atoms with Crippen molar-refractivity contribution in [1.29, 1.82) is 0 Å². The first kappa shape index (κ1) is 15.3. The van der Waals surface area contributed by atoms with E-state index in [2.05, 4.69) is 15.0 Å². The van der Waals surface area contributed by atoms with Gasteiger partial charge in [0.2, 0.25) is 11.7 Å². The fourth-order valence-electron chi connectivity index (χ4n) is 3.08. The third-order valence-corrected chi connectivity index (χ3v) is 5.17. The highest BCUT2D eigenvalue weighted by Gasteiger charge is 2.28. The molecule has 0 aromatic carbocycles. The number of carbonyl (C=O) groups is 1. The number of thiophene rings is 1. The Morgan fingerprint density at radius 1 is 1.38 bits per heavy atom. The first-order valence-electron chi connectivity index (χ1n) is 7.97. The van der Waals surface area contributed by atoms with Gasteiger partial charge in [0.15, 0.2) is 11.5 Å². The summed E-state index contributed by atoms with van der Waals surface area (Å²) < 4.78 is 10.6. The van der Waals surface area contributed by atoms with E-state index >= 15 is 0 Å². The van der Waals surface area contributed by atoms with Crippen molar-refractivity contribution in [3.05, 3.63) is 46.7 Å². The van der Waals surface area contributed by atoms with Crippen molar-refractivity contribution in [3.63, 3.8) is 0 Å². The molecule has 0 aliphatic carbocycles. The van der Waals surface area contributed by atoms with Gasteiger partial charge in [0, 0.05) is 12.5 Å². The number of likely N-dealkylation sites (tertiary alicyclic amines) is 1. The molecule has 1 fully saturated rings. The molecule has 1 atom stereocenters. The summed E-state index contributed by atoms with van der Waals surface area (Å²) in [6.45, 7) is 1.51. The van der Waals surface area contributed by atoms with Crippen LogP contribution in [0.15, 0.2) is 44.8 Å². The molecule has 4 heterocycles. The van der Waals surface area contributed by atoms with Gasteiger partial charge in [-0.15, -0.1) is 11.3 Å². The monoisotopic (exact) mass is 343 g/mol. The van der Waals surface area contributed by atoms with Crippen LogP contribution in [0.1, 0.15) is 34.8 Å². The van der Waals surface area contributed by atoms with Crippen LogP contribution in [-0.4, -0.2) is 33.4 Å². The summed E-state index contributed by atoms with van der Waals surface area (Å²) in [5.74, 6) is 1.82. The number of nitrogens with zero attached hydrogens (tertiary/aromatic N) is 3. The lowest BCUT2D eigenvalue weighted by Gasteiger charge is -2.21. The Hall–Kier alpha value is -2.25. The highest BCUT2D eigenvalue weighted by molar-refractivity contribution is 7.12. The van der Waals surface area contributed by atoms with Crippen molar-refractivity contribution in [1.82, 2.24) is 15.0 Å². The smallest absolute Gasteiger partial charge is 0.241 e. The largest absolute Gasteiger partial charge is 0.461 e. The van der Waals surface area contributed by atoms with E-state index in [0.29, 0.717) is 30.4 Å².